The van der Waals surface area contributed by atoms with Crippen LogP contribution < -0.4 is 5.43 Å². The van der Waals surface area contributed by atoms with Crippen LogP contribution in [0.1, 0.15) is 66.7 Å². The third-order valence-corrected chi connectivity index (χ3v) is 7.37. The van der Waals surface area contributed by atoms with Crippen LogP contribution >= 0.6 is 11.6 Å². The lowest BCUT2D eigenvalue weighted by Gasteiger charge is -2.36. The number of hydrogen-bond donors (Lipinski definition) is 1. The molecule has 3 heterocycles. The summed E-state index contributed by atoms with van der Waals surface area (Å²) in [6, 6.07) is 0.548. The number of nitrogens with zero attached hydrogens (tertiary/aromatic N) is 3. The van der Waals surface area contributed by atoms with E-state index in [0.717, 1.165) is 32.4 Å². The molecule has 3 aliphatic heterocycles. The normalized spacial score (nSPS) is 39.3. The first-order valence-corrected chi connectivity index (χ1v) is 11.6. The molecule has 3 aliphatic rings. The minimum Gasteiger partial charge on any atom is -0.364 e. The molecule has 166 valence electrons. The summed E-state index contributed by atoms with van der Waals surface area (Å²) in [6.07, 6.45) is 3.46. The predicted octanol–water partition coefficient (Wildman–Crippen LogP) is 2.54. The molecule has 0 aliphatic carbocycles. The SMILES string of the molecule is CCCN1C(C)C(Cl)C(C)N1CC1CCC(C(=O)NN2C(=O)CC(C)CC2C)O1. The number of hydrazine groups is 2. The van der Waals surface area contributed by atoms with Gasteiger partial charge in [-0.25, -0.2) is 10.0 Å². The van der Waals surface area contributed by atoms with Crippen molar-refractivity contribution in [3.8, 4) is 0 Å². The van der Waals surface area contributed by atoms with Crippen molar-refractivity contribution in [1.29, 1.82) is 0 Å². The average Bonchev–Trinajstić information content (AvgIpc) is 3.20. The van der Waals surface area contributed by atoms with Gasteiger partial charge in [0, 0.05) is 31.6 Å². The Bertz CT molecular complexity index is 606. The maximum Gasteiger partial charge on any atom is 0.267 e. The van der Waals surface area contributed by atoms with Gasteiger partial charge in [-0.1, -0.05) is 13.8 Å². The number of amides is 2. The summed E-state index contributed by atoms with van der Waals surface area (Å²) in [5, 5.41) is 6.27. The molecule has 29 heavy (non-hydrogen) atoms. The number of alkyl halides is 1. The predicted molar refractivity (Wildman–Crippen MR) is 113 cm³/mol. The molecule has 0 aromatic heterocycles. The zero-order valence-corrected chi connectivity index (χ0v) is 19.2. The fourth-order valence-electron chi connectivity index (χ4n) is 5.05. The number of hydrogen-bond acceptors (Lipinski definition) is 5. The Morgan fingerprint density at radius 2 is 1.86 bits per heavy atom. The maximum atomic E-state index is 12.7. The van der Waals surface area contributed by atoms with Gasteiger partial charge in [-0.15, -0.1) is 11.6 Å². The monoisotopic (exact) mass is 428 g/mol. The van der Waals surface area contributed by atoms with Gasteiger partial charge in [-0.3, -0.25) is 20.0 Å². The van der Waals surface area contributed by atoms with Gasteiger partial charge >= 0.3 is 0 Å². The van der Waals surface area contributed by atoms with Crippen LogP contribution in [0.25, 0.3) is 0 Å². The number of nitrogens with one attached hydrogen (secondary N) is 1. The van der Waals surface area contributed by atoms with E-state index in [1.807, 2.05) is 6.92 Å². The Kier molecular flexibility index (Phi) is 7.46. The summed E-state index contributed by atoms with van der Waals surface area (Å²) in [5.41, 5.74) is 2.82. The van der Waals surface area contributed by atoms with Gasteiger partial charge in [0.2, 0.25) is 5.91 Å². The number of ether oxygens (including phenoxy) is 1. The standard InChI is InChI=1S/C21H37ClN4O3/c1-6-9-24-15(4)20(22)16(5)25(24)12-17-7-8-18(29-17)21(28)23-26-14(3)10-13(2)11-19(26)27/h13-18,20H,6-12H2,1-5H3,(H,23,28). The van der Waals surface area contributed by atoms with E-state index in [0.29, 0.717) is 24.8 Å². The van der Waals surface area contributed by atoms with Gasteiger partial charge < -0.3 is 4.74 Å². The largest absolute Gasteiger partial charge is 0.364 e. The van der Waals surface area contributed by atoms with E-state index in [2.05, 4.69) is 43.1 Å². The van der Waals surface area contributed by atoms with E-state index >= 15 is 0 Å². The van der Waals surface area contributed by atoms with Crippen molar-refractivity contribution in [3.63, 3.8) is 0 Å². The topological polar surface area (TPSA) is 65.1 Å². The van der Waals surface area contributed by atoms with Crippen molar-refractivity contribution in [3.05, 3.63) is 0 Å². The fraction of sp³-hybridized carbons (Fsp3) is 0.905. The van der Waals surface area contributed by atoms with Crippen molar-refractivity contribution in [2.24, 2.45) is 5.92 Å². The highest BCUT2D eigenvalue weighted by Crippen LogP contribution is 2.32. The lowest BCUT2D eigenvalue weighted by molar-refractivity contribution is -0.153. The van der Waals surface area contributed by atoms with Crippen LogP contribution in [-0.4, -0.2) is 75.6 Å². The molecule has 0 aromatic rings. The highest BCUT2D eigenvalue weighted by atomic mass is 35.5. The maximum absolute atomic E-state index is 12.7. The quantitative estimate of drug-likeness (QED) is 0.658. The van der Waals surface area contributed by atoms with E-state index in [4.69, 9.17) is 16.3 Å². The number of halogens is 1. The molecule has 7 nitrogen and oxygen atoms in total. The number of rotatable bonds is 6. The molecule has 8 heteroatoms. The van der Waals surface area contributed by atoms with Crippen LogP contribution in [0.3, 0.4) is 0 Å². The van der Waals surface area contributed by atoms with Crippen LogP contribution in [0.15, 0.2) is 0 Å². The lowest BCUT2D eigenvalue weighted by Crippen LogP contribution is -2.56. The first-order valence-electron chi connectivity index (χ1n) is 11.2. The molecule has 0 spiro atoms. The Labute approximate surface area is 180 Å². The summed E-state index contributed by atoms with van der Waals surface area (Å²) >= 11 is 6.62. The van der Waals surface area contributed by atoms with Gasteiger partial charge in [0.1, 0.15) is 6.10 Å². The molecule has 3 fully saturated rings. The molecule has 0 saturated carbocycles. The summed E-state index contributed by atoms with van der Waals surface area (Å²) in [5.74, 6) is 0.146. The zero-order valence-electron chi connectivity index (χ0n) is 18.4. The van der Waals surface area contributed by atoms with E-state index < -0.39 is 6.10 Å². The first-order chi connectivity index (χ1) is 13.7. The Morgan fingerprint density at radius 3 is 2.52 bits per heavy atom. The molecule has 1 N–H and O–H groups in total. The molecule has 2 amide bonds. The van der Waals surface area contributed by atoms with Gasteiger partial charge in [0.05, 0.1) is 17.5 Å². The van der Waals surface area contributed by atoms with E-state index in [1.165, 1.54) is 5.01 Å². The second kappa shape index (κ2) is 9.50. The molecule has 0 radical (unpaired) electrons. The zero-order chi connectivity index (χ0) is 21.3. The third kappa shape index (κ3) is 4.89. The van der Waals surface area contributed by atoms with E-state index in [1.54, 1.807) is 0 Å². The highest BCUT2D eigenvalue weighted by molar-refractivity contribution is 6.21. The molecule has 0 aromatic carbocycles. The molecular weight excluding hydrogens is 392 g/mol. The van der Waals surface area contributed by atoms with Crippen LogP contribution in [0.5, 0.6) is 0 Å². The molecule has 7 atom stereocenters. The lowest BCUT2D eigenvalue weighted by atomic mass is 9.94. The van der Waals surface area contributed by atoms with Crippen LogP contribution in [0.4, 0.5) is 0 Å². The number of carbonyl (C=O) groups is 2. The molecule has 0 bridgehead atoms. The summed E-state index contributed by atoms with van der Waals surface area (Å²) in [4.78, 5) is 25.0. The van der Waals surface area contributed by atoms with Gasteiger partial charge in [-0.05, 0) is 52.4 Å². The van der Waals surface area contributed by atoms with Crippen molar-refractivity contribution in [1.82, 2.24) is 20.5 Å². The Morgan fingerprint density at radius 1 is 1.17 bits per heavy atom. The molecular formula is C21H37ClN4O3. The van der Waals surface area contributed by atoms with Crippen molar-refractivity contribution in [2.75, 3.05) is 13.1 Å². The first kappa shape index (κ1) is 22.8. The number of piperidine rings is 1. The van der Waals surface area contributed by atoms with Crippen molar-refractivity contribution in [2.45, 2.75) is 102 Å². The van der Waals surface area contributed by atoms with E-state index in [9.17, 15) is 9.59 Å². The smallest absolute Gasteiger partial charge is 0.267 e. The summed E-state index contributed by atoms with van der Waals surface area (Å²) < 4.78 is 6.10. The average molecular weight is 429 g/mol. The van der Waals surface area contributed by atoms with Crippen LogP contribution in [0, 0.1) is 5.92 Å². The molecule has 3 rings (SSSR count). The number of carbonyl (C=O) groups excluding carboxylic acids is 2. The second-order valence-electron chi connectivity index (χ2n) is 9.17. The van der Waals surface area contributed by atoms with Gasteiger partial charge in [0.25, 0.3) is 5.91 Å². The second-order valence-corrected chi connectivity index (χ2v) is 9.67. The summed E-state index contributed by atoms with van der Waals surface area (Å²) in [6.45, 7) is 12.3. The van der Waals surface area contributed by atoms with Crippen molar-refractivity contribution >= 4 is 23.4 Å². The molecule has 7 unspecified atom stereocenters. The van der Waals surface area contributed by atoms with Crippen LogP contribution in [-0.2, 0) is 14.3 Å². The third-order valence-electron chi connectivity index (χ3n) is 6.64. The minimum absolute atomic E-state index is 0.00349. The van der Waals surface area contributed by atoms with Gasteiger partial charge in [-0.2, -0.15) is 0 Å². The molecule has 3 saturated heterocycles. The minimum atomic E-state index is -0.499. The summed E-state index contributed by atoms with van der Waals surface area (Å²) in [7, 11) is 0. The van der Waals surface area contributed by atoms with E-state index in [-0.39, 0.29) is 35.4 Å². The van der Waals surface area contributed by atoms with Gasteiger partial charge in [0.15, 0.2) is 0 Å². The Balaban J connectivity index is 1.54. The fourth-order valence-corrected chi connectivity index (χ4v) is 5.31. The Hall–Kier alpha value is -0.890. The van der Waals surface area contributed by atoms with Crippen LogP contribution in [0.2, 0.25) is 0 Å². The highest BCUT2D eigenvalue weighted by Gasteiger charge is 2.44. The van der Waals surface area contributed by atoms with Crippen molar-refractivity contribution < 1.29 is 14.3 Å².